The summed E-state index contributed by atoms with van der Waals surface area (Å²) in [5.41, 5.74) is 0.519. The molecule has 1 aromatic heterocycles. The Bertz CT molecular complexity index is 422. The van der Waals surface area contributed by atoms with Gasteiger partial charge in [-0.3, -0.25) is 0 Å². The Morgan fingerprint density at radius 2 is 2.12 bits per heavy atom. The first-order valence-corrected chi connectivity index (χ1v) is 5.47. The molecule has 0 aliphatic carbocycles. The number of carbonyl (C=O) groups is 1. The third-order valence-corrected chi connectivity index (χ3v) is 2.78. The molecule has 0 N–H and O–H groups in total. The molecular formula is C10H10ClF2N3O. The van der Waals surface area contributed by atoms with Crippen molar-refractivity contribution in [2.75, 3.05) is 18.0 Å². The van der Waals surface area contributed by atoms with Gasteiger partial charge < -0.3 is 9.69 Å². The van der Waals surface area contributed by atoms with Crippen LogP contribution >= 0.6 is 11.6 Å². The Morgan fingerprint density at radius 3 is 2.71 bits per heavy atom. The number of halogens is 3. The van der Waals surface area contributed by atoms with Gasteiger partial charge in [-0.15, -0.1) is 0 Å². The molecule has 0 saturated carbocycles. The van der Waals surface area contributed by atoms with Crippen LogP contribution in [0, 0.1) is 0 Å². The topological polar surface area (TPSA) is 46.1 Å². The standard InChI is InChI=1S/C10H10ClF2N3O/c11-10-14-3-6(1-2-17)9(15-10)16-4-7(12)8(13)5-16/h2-3,7-8H,1,4-5H2/t7-,8-/m0/s1. The SMILES string of the molecule is O=CCc1cnc(Cl)nc1N1C[C@H](F)[C@@H](F)C1. The molecule has 1 aromatic rings. The van der Waals surface area contributed by atoms with Crippen LogP contribution in [0.2, 0.25) is 5.28 Å². The molecular weight excluding hydrogens is 252 g/mol. The van der Waals surface area contributed by atoms with E-state index in [1.807, 2.05) is 0 Å². The number of hydrogen-bond donors (Lipinski definition) is 0. The maximum atomic E-state index is 13.1. The van der Waals surface area contributed by atoms with Crippen molar-refractivity contribution in [2.24, 2.45) is 0 Å². The molecule has 0 aromatic carbocycles. The van der Waals surface area contributed by atoms with Crippen molar-refractivity contribution in [2.45, 2.75) is 18.8 Å². The van der Waals surface area contributed by atoms with Gasteiger partial charge in [0.2, 0.25) is 5.28 Å². The van der Waals surface area contributed by atoms with E-state index < -0.39 is 12.3 Å². The quantitative estimate of drug-likeness (QED) is 0.609. The predicted octanol–water partition coefficient (Wildman–Crippen LogP) is 1.37. The highest BCUT2D eigenvalue weighted by molar-refractivity contribution is 6.28. The van der Waals surface area contributed by atoms with Crippen LogP contribution in [-0.2, 0) is 11.2 Å². The van der Waals surface area contributed by atoms with Crippen molar-refractivity contribution in [3.63, 3.8) is 0 Å². The number of aromatic nitrogens is 2. The highest BCUT2D eigenvalue weighted by Gasteiger charge is 2.34. The molecule has 0 amide bonds. The summed E-state index contributed by atoms with van der Waals surface area (Å²) in [5, 5.41) is -0.00707. The van der Waals surface area contributed by atoms with E-state index in [4.69, 9.17) is 11.6 Å². The van der Waals surface area contributed by atoms with Crippen LogP contribution in [0.4, 0.5) is 14.6 Å². The average molecular weight is 262 g/mol. The Balaban J connectivity index is 2.30. The van der Waals surface area contributed by atoms with Crippen molar-refractivity contribution in [1.29, 1.82) is 0 Å². The molecule has 92 valence electrons. The van der Waals surface area contributed by atoms with Crippen molar-refractivity contribution >= 4 is 23.7 Å². The Labute approximate surface area is 102 Å². The summed E-state index contributed by atoms with van der Waals surface area (Å²) >= 11 is 5.64. The van der Waals surface area contributed by atoms with E-state index in [1.165, 1.54) is 11.1 Å². The Morgan fingerprint density at radius 1 is 1.47 bits per heavy atom. The number of hydrogen-bond acceptors (Lipinski definition) is 4. The highest BCUT2D eigenvalue weighted by Crippen LogP contribution is 2.26. The summed E-state index contributed by atoms with van der Waals surface area (Å²) in [4.78, 5) is 19.6. The fourth-order valence-corrected chi connectivity index (χ4v) is 1.91. The van der Waals surface area contributed by atoms with Crippen LogP contribution in [-0.4, -0.2) is 41.7 Å². The Kier molecular flexibility index (Phi) is 3.51. The summed E-state index contributed by atoms with van der Waals surface area (Å²) in [6, 6.07) is 0. The zero-order chi connectivity index (χ0) is 12.4. The third kappa shape index (κ3) is 2.52. The van der Waals surface area contributed by atoms with Crippen molar-refractivity contribution < 1.29 is 13.6 Å². The van der Waals surface area contributed by atoms with Crippen molar-refractivity contribution in [3.05, 3.63) is 17.0 Å². The van der Waals surface area contributed by atoms with Gasteiger partial charge in [0.15, 0.2) is 12.3 Å². The zero-order valence-corrected chi connectivity index (χ0v) is 9.57. The first-order valence-electron chi connectivity index (χ1n) is 5.10. The van der Waals surface area contributed by atoms with Gasteiger partial charge in [0.25, 0.3) is 0 Å². The lowest BCUT2D eigenvalue weighted by Crippen LogP contribution is -2.23. The van der Waals surface area contributed by atoms with Crippen LogP contribution in [0.5, 0.6) is 0 Å². The molecule has 7 heteroatoms. The van der Waals surface area contributed by atoms with E-state index in [1.54, 1.807) is 0 Å². The van der Waals surface area contributed by atoms with Gasteiger partial charge in [0, 0.05) is 18.2 Å². The number of alkyl halides is 2. The van der Waals surface area contributed by atoms with E-state index in [0.717, 1.165) is 0 Å². The third-order valence-electron chi connectivity index (χ3n) is 2.60. The number of rotatable bonds is 3. The smallest absolute Gasteiger partial charge is 0.224 e. The minimum atomic E-state index is -1.53. The maximum Gasteiger partial charge on any atom is 0.224 e. The fraction of sp³-hybridized carbons (Fsp3) is 0.500. The molecule has 1 aliphatic heterocycles. The molecule has 0 unspecified atom stereocenters. The molecule has 1 aliphatic rings. The normalized spacial score (nSPS) is 24.1. The predicted molar refractivity (Wildman–Crippen MR) is 58.8 cm³/mol. The van der Waals surface area contributed by atoms with Crippen molar-refractivity contribution in [3.8, 4) is 0 Å². The molecule has 0 spiro atoms. The number of nitrogens with zero attached hydrogens (tertiary/aromatic N) is 3. The summed E-state index contributed by atoms with van der Waals surface area (Å²) in [5.74, 6) is 0.333. The van der Waals surface area contributed by atoms with E-state index in [9.17, 15) is 13.6 Å². The van der Waals surface area contributed by atoms with Crippen LogP contribution in [0.25, 0.3) is 0 Å². The number of anilines is 1. The van der Waals surface area contributed by atoms with Gasteiger partial charge in [0.1, 0.15) is 12.1 Å². The largest absolute Gasteiger partial charge is 0.350 e. The van der Waals surface area contributed by atoms with Crippen LogP contribution < -0.4 is 4.90 Å². The van der Waals surface area contributed by atoms with E-state index in [2.05, 4.69) is 9.97 Å². The van der Waals surface area contributed by atoms with Gasteiger partial charge in [-0.05, 0) is 11.6 Å². The van der Waals surface area contributed by atoms with Gasteiger partial charge in [-0.2, -0.15) is 0 Å². The molecule has 2 rings (SSSR count). The molecule has 2 atom stereocenters. The number of aldehydes is 1. The van der Waals surface area contributed by atoms with Gasteiger partial charge in [-0.25, -0.2) is 18.7 Å². The first-order chi connectivity index (χ1) is 8.11. The second kappa shape index (κ2) is 4.91. The molecule has 1 fully saturated rings. The summed E-state index contributed by atoms with van der Waals surface area (Å²) in [6.45, 7) is -0.166. The molecule has 17 heavy (non-hydrogen) atoms. The van der Waals surface area contributed by atoms with Crippen LogP contribution in [0.1, 0.15) is 5.56 Å². The minimum Gasteiger partial charge on any atom is -0.350 e. The lowest BCUT2D eigenvalue weighted by Gasteiger charge is -2.18. The zero-order valence-electron chi connectivity index (χ0n) is 8.81. The molecule has 4 nitrogen and oxygen atoms in total. The summed E-state index contributed by atoms with van der Waals surface area (Å²) in [7, 11) is 0. The lowest BCUT2D eigenvalue weighted by molar-refractivity contribution is -0.107. The first kappa shape index (κ1) is 12.2. The van der Waals surface area contributed by atoms with E-state index in [-0.39, 0.29) is 24.8 Å². The van der Waals surface area contributed by atoms with E-state index in [0.29, 0.717) is 17.7 Å². The van der Waals surface area contributed by atoms with Gasteiger partial charge in [0.05, 0.1) is 13.1 Å². The summed E-state index contributed by atoms with van der Waals surface area (Å²) < 4.78 is 26.2. The van der Waals surface area contributed by atoms with Crippen LogP contribution in [0.3, 0.4) is 0 Å². The van der Waals surface area contributed by atoms with Crippen molar-refractivity contribution in [1.82, 2.24) is 9.97 Å². The Hall–Kier alpha value is -1.30. The van der Waals surface area contributed by atoms with E-state index >= 15 is 0 Å². The average Bonchev–Trinajstić information content (AvgIpc) is 2.62. The van der Waals surface area contributed by atoms with Gasteiger partial charge in [-0.1, -0.05) is 0 Å². The maximum absolute atomic E-state index is 13.1. The second-order valence-electron chi connectivity index (χ2n) is 3.80. The fourth-order valence-electron chi connectivity index (χ4n) is 1.78. The monoisotopic (exact) mass is 261 g/mol. The molecule has 1 saturated heterocycles. The van der Waals surface area contributed by atoms with Crippen LogP contribution in [0.15, 0.2) is 6.20 Å². The minimum absolute atomic E-state index is 0.00707. The van der Waals surface area contributed by atoms with Gasteiger partial charge >= 0.3 is 0 Å². The second-order valence-corrected chi connectivity index (χ2v) is 4.13. The molecule has 0 bridgehead atoms. The molecule has 0 radical (unpaired) electrons. The molecule has 2 heterocycles. The number of carbonyl (C=O) groups excluding carboxylic acids is 1. The summed E-state index contributed by atoms with van der Waals surface area (Å²) in [6.07, 6.45) is -0.888. The lowest BCUT2D eigenvalue weighted by atomic mass is 10.2. The highest BCUT2D eigenvalue weighted by atomic mass is 35.5.